The molecule has 0 saturated carbocycles. The number of benzene rings is 2. The van der Waals surface area contributed by atoms with Crippen molar-refractivity contribution in [3.8, 4) is 0 Å². The zero-order valence-electron chi connectivity index (χ0n) is 11.7. The molecule has 0 aliphatic carbocycles. The number of para-hydroxylation sites is 1. The molecule has 0 fully saturated rings. The van der Waals surface area contributed by atoms with Crippen LogP contribution in [0.3, 0.4) is 0 Å². The lowest BCUT2D eigenvalue weighted by molar-refractivity contribution is 0.165. The molecule has 1 unspecified atom stereocenters. The van der Waals surface area contributed by atoms with E-state index < -0.39 is 6.10 Å². The second-order valence-electron chi connectivity index (χ2n) is 4.74. The Morgan fingerprint density at radius 3 is 2.35 bits per heavy atom. The normalized spacial score (nSPS) is 12.2. The molecule has 0 spiro atoms. The molecule has 0 radical (unpaired) electrons. The summed E-state index contributed by atoms with van der Waals surface area (Å²) in [5, 5.41) is 10.1. The Balaban J connectivity index is 1.99. The Labute approximate surface area is 119 Å². The lowest BCUT2D eigenvalue weighted by Gasteiger charge is -2.24. The molecule has 0 aliphatic heterocycles. The first-order chi connectivity index (χ1) is 9.72. The number of halogens is 1. The summed E-state index contributed by atoms with van der Waals surface area (Å²) >= 11 is 0. The van der Waals surface area contributed by atoms with Gasteiger partial charge in [0, 0.05) is 24.3 Å². The molecular weight excluding hydrogens is 253 g/mol. The average molecular weight is 273 g/mol. The first-order valence-electron chi connectivity index (χ1n) is 6.95. The van der Waals surface area contributed by atoms with Crippen molar-refractivity contribution < 1.29 is 9.50 Å². The Bertz CT molecular complexity index is 530. The Morgan fingerprint density at radius 2 is 1.70 bits per heavy atom. The maximum absolute atomic E-state index is 13.6. The molecule has 0 bridgehead atoms. The minimum atomic E-state index is -0.769. The van der Waals surface area contributed by atoms with Crippen LogP contribution in [0.4, 0.5) is 10.1 Å². The molecule has 3 heteroatoms. The molecular formula is C17H20FNO. The van der Waals surface area contributed by atoms with Gasteiger partial charge in [-0.1, -0.05) is 36.4 Å². The molecule has 20 heavy (non-hydrogen) atoms. The largest absolute Gasteiger partial charge is 0.388 e. The Hall–Kier alpha value is -1.87. The van der Waals surface area contributed by atoms with Crippen molar-refractivity contribution in [3.05, 3.63) is 66.0 Å². The summed E-state index contributed by atoms with van der Waals surface area (Å²) in [5.74, 6) is -0.345. The standard InChI is InChI=1S/C17H20FNO/c1-2-19(14-8-4-3-5-9-14)13-12-17(20)15-10-6-7-11-16(15)18/h3-11,17,20H,2,12-13H2,1H3. The van der Waals surface area contributed by atoms with Crippen LogP contribution >= 0.6 is 0 Å². The fourth-order valence-electron chi connectivity index (χ4n) is 2.29. The summed E-state index contributed by atoms with van der Waals surface area (Å²) in [6, 6.07) is 16.4. The fraction of sp³-hybridized carbons (Fsp3) is 0.294. The molecule has 0 heterocycles. The fourth-order valence-corrected chi connectivity index (χ4v) is 2.29. The summed E-state index contributed by atoms with van der Waals surface area (Å²) in [6.45, 7) is 3.62. The number of aliphatic hydroxyl groups is 1. The monoisotopic (exact) mass is 273 g/mol. The quantitative estimate of drug-likeness (QED) is 0.866. The number of hydrogen-bond donors (Lipinski definition) is 1. The molecule has 0 aromatic heterocycles. The van der Waals surface area contributed by atoms with Gasteiger partial charge in [0.1, 0.15) is 5.82 Å². The van der Waals surface area contributed by atoms with E-state index in [0.29, 0.717) is 18.5 Å². The smallest absolute Gasteiger partial charge is 0.128 e. The van der Waals surface area contributed by atoms with E-state index in [1.165, 1.54) is 6.07 Å². The molecule has 0 aliphatic rings. The Kier molecular flexibility index (Phi) is 5.13. The van der Waals surface area contributed by atoms with Crippen LogP contribution in [0, 0.1) is 5.82 Å². The minimum absolute atomic E-state index is 0.345. The highest BCUT2D eigenvalue weighted by molar-refractivity contribution is 5.45. The SMILES string of the molecule is CCN(CCC(O)c1ccccc1F)c1ccccc1. The second kappa shape index (κ2) is 7.06. The molecule has 0 amide bonds. The zero-order valence-corrected chi connectivity index (χ0v) is 11.7. The highest BCUT2D eigenvalue weighted by Crippen LogP contribution is 2.21. The molecule has 106 valence electrons. The maximum Gasteiger partial charge on any atom is 0.128 e. The summed E-state index contributed by atoms with van der Waals surface area (Å²) < 4.78 is 13.6. The van der Waals surface area contributed by atoms with Gasteiger partial charge in [0.25, 0.3) is 0 Å². The van der Waals surface area contributed by atoms with Gasteiger partial charge in [-0.25, -0.2) is 4.39 Å². The van der Waals surface area contributed by atoms with Crippen molar-refractivity contribution in [1.82, 2.24) is 0 Å². The van der Waals surface area contributed by atoms with Crippen LogP contribution in [-0.4, -0.2) is 18.2 Å². The van der Waals surface area contributed by atoms with E-state index in [0.717, 1.165) is 12.2 Å². The predicted molar refractivity (Wildman–Crippen MR) is 80.3 cm³/mol. The van der Waals surface area contributed by atoms with Crippen LogP contribution in [0.5, 0.6) is 0 Å². The third-order valence-corrected chi connectivity index (χ3v) is 3.44. The summed E-state index contributed by atoms with van der Waals surface area (Å²) in [4.78, 5) is 2.17. The van der Waals surface area contributed by atoms with Gasteiger partial charge in [0.2, 0.25) is 0 Å². The number of rotatable bonds is 6. The van der Waals surface area contributed by atoms with Crippen molar-refractivity contribution in [2.24, 2.45) is 0 Å². The van der Waals surface area contributed by atoms with Crippen LogP contribution in [0.2, 0.25) is 0 Å². The van der Waals surface area contributed by atoms with Crippen molar-refractivity contribution >= 4 is 5.69 Å². The van der Waals surface area contributed by atoms with Gasteiger partial charge in [0.15, 0.2) is 0 Å². The van der Waals surface area contributed by atoms with Crippen molar-refractivity contribution in [3.63, 3.8) is 0 Å². The maximum atomic E-state index is 13.6. The van der Waals surface area contributed by atoms with Crippen LogP contribution in [0.1, 0.15) is 25.0 Å². The van der Waals surface area contributed by atoms with Gasteiger partial charge in [-0.2, -0.15) is 0 Å². The number of aliphatic hydroxyl groups excluding tert-OH is 1. The van der Waals surface area contributed by atoms with Gasteiger partial charge < -0.3 is 10.0 Å². The van der Waals surface area contributed by atoms with Crippen LogP contribution in [0.25, 0.3) is 0 Å². The van der Waals surface area contributed by atoms with E-state index in [9.17, 15) is 9.50 Å². The first kappa shape index (κ1) is 14.5. The lowest BCUT2D eigenvalue weighted by atomic mass is 10.1. The molecule has 0 saturated heterocycles. The topological polar surface area (TPSA) is 23.5 Å². The van der Waals surface area contributed by atoms with E-state index >= 15 is 0 Å². The number of hydrogen-bond acceptors (Lipinski definition) is 2. The molecule has 1 atom stereocenters. The van der Waals surface area contributed by atoms with Gasteiger partial charge in [0.05, 0.1) is 6.10 Å². The molecule has 2 aromatic rings. The van der Waals surface area contributed by atoms with Crippen LogP contribution in [-0.2, 0) is 0 Å². The van der Waals surface area contributed by atoms with Gasteiger partial charge in [-0.3, -0.25) is 0 Å². The van der Waals surface area contributed by atoms with Crippen molar-refractivity contribution in [2.75, 3.05) is 18.0 Å². The predicted octanol–water partition coefficient (Wildman–Crippen LogP) is 3.78. The third-order valence-electron chi connectivity index (χ3n) is 3.44. The summed E-state index contributed by atoms with van der Waals surface area (Å²) in [5.41, 5.74) is 1.49. The van der Waals surface area contributed by atoms with Gasteiger partial charge >= 0.3 is 0 Å². The average Bonchev–Trinajstić information content (AvgIpc) is 2.49. The Morgan fingerprint density at radius 1 is 1.05 bits per heavy atom. The molecule has 2 rings (SSSR count). The molecule has 2 nitrogen and oxygen atoms in total. The van der Waals surface area contributed by atoms with Crippen molar-refractivity contribution in [1.29, 1.82) is 0 Å². The minimum Gasteiger partial charge on any atom is -0.388 e. The van der Waals surface area contributed by atoms with Gasteiger partial charge in [-0.05, 0) is 31.5 Å². The third kappa shape index (κ3) is 3.58. The summed E-state index contributed by atoms with van der Waals surface area (Å²) in [7, 11) is 0. The van der Waals surface area contributed by atoms with E-state index in [4.69, 9.17) is 0 Å². The van der Waals surface area contributed by atoms with E-state index in [1.54, 1.807) is 18.2 Å². The van der Waals surface area contributed by atoms with Crippen LogP contribution in [0.15, 0.2) is 54.6 Å². The number of nitrogens with zero attached hydrogens (tertiary/aromatic N) is 1. The number of anilines is 1. The van der Waals surface area contributed by atoms with Crippen molar-refractivity contribution in [2.45, 2.75) is 19.4 Å². The molecule has 2 aromatic carbocycles. The second-order valence-corrected chi connectivity index (χ2v) is 4.74. The van der Waals surface area contributed by atoms with E-state index in [-0.39, 0.29) is 5.82 Å². The van der Waals surface area contributed by atoms with Gasteiger partial charge in [-0.15, -0.1) is 0 Å². The highest BCUT2D eigenvalue weighted by Gasteiger charge is 2.13. The van der Waals surface area contributed by atoms with Crippen LogP contribution < -0.4 is 4.90 Å². The van der Waals surface area contributed by atoms with E-state index in [2.05, 4.69) is 11.8 Å². The molecule has 1 N–H and O–H groups in total. The first-order valence-corrected chi connectivity index (χ1v) is 6.95. The van der Waals surface area contributed by atoms with E-state index in [1.807, 2.05) is 30.3 Å². The zero-order chi connectivity index (χ0) is 14.4. The summed E-state index contributed by atoms with van der Waals surface area (Å²) in [6.07, 6.45) is -0.266. The lowest BCUT2D eigenvalue weighted by Crippen LogP contribution is -2.25. The highest BCUT2D eigenvalue weighted by atomic mass is 19.1.